The molecule has 0 fully saturated rings. The number of pyridine rings is 1. The molecule has 0 amide bonds. The summed E-state index contributed by atoms with van der Waals surface area (Å²) in [5, 5.41) is 17.7. The van der Waals surface area contributed by atoms with Crippen LogP contribution in [-0.2, 0) is 12.8 Å². The molecule has 5 heteroatoms. The Bertz CT molecular complexity index is 1130. The minimum absolute atomic E-state index is 0.403. The number of rotatable bonds is 2. The van der Waals surface area contributed by atoms with Crippen molar-refractivity contribution in [3.8, 4) is 11.3 Å². The van der Waals surface area contributed by atoms with E-state index in [2.05, 4.69) is 53.3 Å². The molecule has 5 nitrogen and oxygen atoms in total. The molecule has 3 aromatic heterocycles. The number of aromatic nitrogens is 5. The van der Waals surface area contributed by atoms with E-state index in [1.165, 1.54) is 40.4 Å². The molecule has 0 saturated heterocycles. The third-order valence-corrected chi connectivity index (χ3v) is 5.68. The van der Waals surface area contributed by atoms with Crippen molar-refractivity contribution in [1.29, 1.82) is 0 Å². The van der Waals surface area contributed by atoms with Gasteiger partial charge in [-0.15, -0.1) is 0 Å². The zero-order valence-electron chi connectivity index (χ0n) is 15.5. The van der Waals surface area contributed by atoms with Crippen LogP contribution in [0.2, 0.25) is 0 Å². The van der Waals surface area contributed by atoms with E-state index in [9.17, 15) is 0 Å². The fourth-order valence-electron chi connectivity index (χ4n) is 4.38. The Labute approximate surface area is 152 Å². The molecular weight excluding hydrogens is 322 g/mol. The Morgan fingerprint density at radius 1 is 0.962 bits per heavy atom. The number of nitrogens with one attached hydrogen (secondary N) is 2. The molecule has 132 valence electrons. The van der Waals surface area contributed by atoms with E-state index in [-0.39, 0.29) is 0 Å². The molecule has 2 N–H and O–H groups in total. The minimum atomic E-state index is 0.403. The molecule has 0 radical (unpaired) electrons. The van der Waals surface area contributed by atoms with Gasteiger partial charge in [0.25, 0.3) is 0 Å². The zero-order chi connectivity index (χ0) is 17.8. The minimum Gasteiger partial charge on any atom is -0.282 e. The van der Waals surface area contributed by atoms with Crippen LogP contribution in [-0.4, -0.2) is 25.4 Å². The van der Waals surface area contributed by atoms with Gasteiger partial charge in [0.2, 0.25) is 0 Å². The van der Waals surface area contributed by atoms with Crippen LogP contribution in [0.4, 0.5) is 0 Å². The molecule has 3 heterocycles. The summed E-state index contributed by atoms with van der Waals surface area (Å²) in [7, 11) is 0. The average Bonchev–Trinajstić information content (AvgIpc) is 3.26. The molecule has 0 spiro atoms. The van der Waals surface area contributed by atoms with Crippen molar-refractivity contribution in [2.75, 3.05) is 0 Å². The lowest BCUT2D eigenvalue weighted by Gasteiger charge is -2.22. The maximum absolute atomic E-state index is 5.12. The summed E-state index contributed by atoms with van der Waals surface area (Å²) in [6, 6.07) is 4.21. The number of H-pyrrole nitrogens is 2. The first-order valence-corrected chi connectivity index (χ1v) is 9.48. The number of aryl methyl sites for hydroxylation is 2. The van der Waals surface area contributed by atoms with Crippen molar-refractivity contribution < 1.29 is 0 Å². The summed E-state index contributed by atoms with van der Waals surface area (Å²) >= 11 is 0. The molecule has 0 bridgehead atoms. The summed E-state index contributed by atoms with van der Waals surface area (Å²) < 4.78 is 0. The van der Waals surface area contributed by atoms with Gasteiger partial charge in [0.05, 0.1) is 22.9 Å². The van der Waals surface area contributed by atoms with Crippen molar-refractivity contribution in [1.82, 2.24) is 25.4 Å². The Morgan fingerprint density at radius 2 is 1.73 bits per heavy atom. The van der Waals surface area contributed by atoms with Gasteiger partial charge in [-0.3, -0.25) is 10.2 Å². The average molecular weight is 345 g/mol. The second kappa shape index (κ2) is 5.66. The highest BCUT2D eigenvalue weighted by Gasteiger charge is 2.24. The van der Waals surface area contributed by atoms with Crippen LogP contribution in [0.25, 0.3) is 33.1 Å². The first-order chi connectivity index (χ1) is 12.6. The summed E-state index contributed by atoms with van der Waals surface area (Å²) in [6.45, 7) is 6.50. The third kappa shape index (κ3) is 2.13. The lowest BCUT2D eigenvalue weighted by atomic mass is 9.85. The molecular formula is C21H23N5. The Balaban J connectivity index is 1.93. The van der Waals surface area contributed by atoms with Gasteiger partial charge >= 0.3 is 0 Å². The second-order valence-electron chi connectivity index (χ2n) is 7.68. The Kier molecular flexibility index (Phi) is 3.39. The molecule has 1 aliphatic carbocycles. The van der Waals surface area contributed by atoms with E-state index in [0.717, 1.165) is 40.8 Å². The van der Waals surface area contributed by atoms with E-state index in [0.29, 0.717) is 5.92 Å². The van der Waals surface area contributed by atoms with Crippen molar-refractivity contribution in [2.45, 2.75) is 52.4 Å². The van der Waals surface area contributed by atoms with Crippen LogP contribution in [0.3, 0.4) is 0 Å². The van der Waals surface area contributed by atoms with E-state index >= 15 is 0 Å². The van der Waals surface area contributed by atoms with E-state index < -0.39 is 0 Å². The number of benzene rings is 1. The maximum Gasteiger partial charge on any atom is 0.0931 e. The van der Waals surface area contributed by atoms with Gasteiger partial charge in [0, 0.05) is 27.7 Å². The molecule has 0 aliphatic heterocycles. The van der Waals surface area contributed by atoms with Gasteiger partial charge < -0.3 is 0 Å². The van der Waals surface area contributed by atoms with E-state index in [4.69, 9.17) is 4.98 Å². The van der Waals surface area contributed by atoms with Crippen LogP contribution < -0.4 is 0 Å². The van der Waals surface area contributed by atoms with Gasteiger partial charge in [0.15, 0.2) is 0 Å². The number of hydrogen-bond donors (Lipinski definition) is 2. The maximum atomic E-state index is 5.12. The number of hydrogen-bond acceptors (Lipinski definition) is 3. The van der Waals surface area contributed by atoms with Crippen LogP contribution >= 0.6 is 0 Å². The van der Waals surface area contributed by atoms with Gasteiger partial charge in [-0.1, -0.05) is 13.8 Å². The lowest BCUT2D eigenvalue weighted by Crippen LogP contribution is -2.08. The van der Waals surface area contributed by atoms with Gasteiger partial charge in [-0.05, 0) is 61.8 Å². The van der Waals surface area contributed by atoms with Crippen LogP contribution in [0.15, 0.2) is 18.3 Å². The summed E-state index contributed by atoms with van der Waals surface area (Å²) in [5.74, 6) is 0.403. The van der Waals surface area contributed by atoms with Crippen molar-refractivity contribution in [3.63, 3.8) is 0 Å². The predicted molar refractivity (Wildman–Crippen MR) is 104 cm³/mol. The van der Waals surface area contributed by atoms with Crippen molar-refractivity contribution in [2.24, 2.45) is 0 Å². The lowest BCUT2D eigenvalue weighted by molar-refractivity contribution is 0.689. The Morgan fingerprint density at radius 3 is 2.46 bits per heavy atom. The molecule has 1 aliphatic rings. The number of nitrogens with zero attached hydrogens (tertiary/aromatic N) is 3. The molecule has 1 aromatic carbocycles. The fourth-order valence-corrected chi connectivity index (χ4v) is 4.38. The smallest absolute Gasteiger partial charge is 0.0931 e. The third-order valence-electron chi connectivity index (χ3n) is 5.68. The SMILES string of the molecule is Cc1[nH]ncc1-c1nc2ccc3n[nH]c(C(C)C)c3c2c2c1CCCC2. The summed E-state index contributed by atoms with van der Waals surface area (Å²) in [4.78, 5) is 5.12. The standard InChI is InChI=1S/C21H23N5/c1-11(2)20-19-17(25-26-20)9-8-16-18(19)13-6-4-5-7-14(13)21(23-16)15-10-22-24-12(15)3/h8-11H,4-7H2,1-3H3,(H,22,24)(H,25,26). The fraction of sp³-hybridized carbons (Fsp3) is 0.381. The topological polar surface area (TPSA) is 70.2 Å². The Hall–Kier alpha value is -2.69. The summed E-state index contributed by atoms with van der Waals surface area (Å²) in [6.07, 6.45) is 6.57. The monoisotopic (exact) mass is 345 g/mol. The molecule has 26 heavy (non-hydrogen) atoms. The van der Waals surface area contributed by atoms with E-state index in [1.807, 2.05) is 6.20 Å². The first kappa shape index (κ1) is 15.6. The van der Waals surface area contributed by atoms with Gasteiger partial charge in [0.1, 0.15) is 0 Å². The van der Waals surface area contributed by atoms with Crippen molar-refractivity contribution >= 4 is 21.8 Å². The molecule has 0 unspecified atom stereocenters. The number of fused-ring (bicyclic) bond motifs is 5. The highest BCUT2D eigenvalue weighted by molar-refractivity contribution is 6.09. The normalized spacial score (nSPS) is 14.5. The predicted octanol–water partition coefficient (Wildman–Crippen LogP) is 4.81. The van der Waals surface area contributed by atoms with Crippen LogP contribution in [0.1, 0.15) is 55.1 Å². The molecule has 0 saturated carbocycles. The highest BCUT2D eigenvalue weighted by Crippen LogP contribution is 2.40. The summed E-state index contributed by atoms with van der Waals surface area (Å²) in [5.41, 5.74) is 9.50. The number of aromatic amines is 2. The highest BCUT2D eigenvalue weighted by atomic mass is 15.1. The van der Waals surface area contributed by atoms with E-state index in [1.54, 1.807) is 0 Å². The molecule has 4 aromatic rings. The van der Waals surface area contributed by atoms with Gasteiger partial charge in [-0.2, -0.15) is 10.2 Å². The quantitative estimate of drug-likeness (QED) is 0.547. The zero-order valence-corrected chi connectivity index (χ0v) is 15.5. The van der Waals surface area contributed by atoms with Crippen LogP contribution in [0, 0.1) is 6.92 Å². The second-order valence-corrected chi connectivity index (χ2v) is 7.68. The molecule has 0 atom stereocenters. The molecule has 5 rings (SSSR count). The van der Waals surface area contributed by atoms with Crippen molar-refractivity contribution in [3.05, 3.63) is 40.8 Å². The van der Waals surface area contributed by atoms with Crippen LogP contribution in [0.5, 0.6) is 0 Å². The first-order valence-electron chi connectivity index (χ1n) is 9.48. The van der Waals surface area contributed by atoms with Gasteiger partial charge in [-0.25, -0.2) is 4.98 Å². The largest absolute Gasteiger partial charge is 0.282 e.